The number of nitrogens with zero attached hydrogens (tertiary/aromatic N) is 2. The topological polar surface area (TPSA) is 36.7 Å². The fourth-order valence-corrected chi connectivity index (χ4v) is 8.05. The van der Waals surface area contributed by atoms with Crippen molar-refractivity contribution in [1.29, 1.82) is 5.26 Å². The Kier molecular flexibility index (Phi) is 10.6. The number of hydrogen-bond acceptors (Lipinski definition) is 2. The normalized spacial score (nSPS) is 11.4. The molecule has 1 rings (SSSR count). The Labute approximate surface area is 153 Å². The molecule has 0 saturated carbocycles. The Hall–Kier alpha value is -0.561. The monoisotopic (exact) mass is 420 g/mol. The molecule has 0 saturated heterocycles. The third-order valence-corrected chi connectivity index (χ3v) is 9.76. The summed E-state index contributed by atoms with van der Waals surface area (Å²) in [6, 6.07) is 6.55. The van der Waals surface area contributed by atoms with Crippen LogP contribution in [-0.2, 0) is 6.42 Å². The molecule has 0 atom stereocenters. The van der Waals surface area contributed by atoms with Gasteiger partial charge in [0.15, 0.2) is 0 Å². The van der Waals surface area contributed by atoms with Crippen molar-refractivity contribution in [3.8, 4) is 6.07 Å². The zero-order valence-electron chi connectivity index (χ0n) is 15.2. The molecule has 1 aromatic heterocycles. The van der Waals surface area contributed by atoms with Gasteiger partial charge in [0.1, 0.15) is 0 Å². The van der Waals surface area contributed by atoms with Crippen molar-refractivity contribution < 1.29 is 0 Å². The van der Waals surface area contributed by atoms with Crippen molar-refractivity contribution in [2.45, 2.75) is 88.4 Å². The van der Waals surface area contributed by atoms with Gasteiger partial charge < -0.3 is 0 Å². The summed E-state index contributed by atoms with van der Waals surface area (Å²) in [6.07, 6.45) is 14.6. The number of hydrogen-bond donors (Lipinski definition) is 0. The summed E-state index contributed by atoms with van der Waals surface area (Å²) in [5.41, 5.74) is 1.05. The van der Waals surface area contributed by atoms with Gasteiger partial charge in [-0.05, 0) is 0 Å². The van der Waals surface area contributed by atoms with Gasteiger partial charge in [-0.25, -0.2) is 0 Å². The Morgan fingerprint density at radius 3 is 1.96 bits per heavy atom. The molecule has 0 spiro atoms. The molecule has 3 heteroatoms. The van der Waals surface area contributed by atoms with Gasteiger partial charge in [0, 0.05) is 0 Å². The van der Waals surface area contributed by atoms with E-state index in [9.17, 15) is 0 Å². The molecule has 0 unspecified atom stereocenters. The Balaban J connectivity index is 2.88. The van der Waals surface area contributed by atoms with Crippen LogP contribution in [0.3, 0.4) is 0 Å². The molecule has 2 nitrogen and oxygen atoms in total. The minimum atomic E-state index is -0.722. The van der Waals surface area contributed by atoms with E-state index in [-0.39, 0.29) is 0 Å². The summed E-state index contributed by atoms with van der Waals surface area (Å²) in [6.45, 7) is 6.93. The van der Waals surface area contributed by atoms with E-state index in [1.165, 1.54) is 61.5 Å². The Bertz CT molecular complexity index is 440. The average molecular weight is 419 g/mol. The fourth-order valence-electron chi connectivity index (χ4n) is 3.07. The molecule has 0 aliphatic carbocycles. The molecule has 0 N–H and O–H groups in total. The molecule has 0 aliphatic rings. The molecule has 0 bridgehead atoms. The van der Waals surface area contributed by atoms with Crippen molar-refractivity contribution in [1.82, 2.24) is 4.98 Å². The Morgan fingerprint density at radius 1 is 1.00 bits per heavy atom. The van der Waals surface area contributed by atoms with Crippen LogP contribution in [0.15, 0.2) is 18.3 Å². The first-order valence-corrected chi connectivity index (χ1v) is 12.1. The first-order valence-electron chi connectivity index (χ1n) is 9.29. The Morgan fingerprint density at radius 2 is 1.57 bits per heavy atom. The van der Waals surface area contributed by atoms with Crippen LogP contribution in [0.5, 0.6) is 0 Å². The van der Waals surface area contributed by atoms with Crippen LogP contribution in [0.4, 0.5) is 0 Å². The van der Waals surface area contributed by atoms with Gasteiger partial charge >= 0.3 is 153 Å². The maximum absolute atomic E-state index is 8.80. The summed E-state index contributed by atoms with van der Waals surface area (Å²) in [5, 5.41) is 8.80. The fraction of sp³-hybridized carbons (Fsp3) is 0.700. The standard InChI is InChI=1S/C13H27.C7H5N2.Sn/c1-4-7-10-13(11-8-5-2)12-9-6-3;8-4-3-7-2-1-5-9-6-7;/h4-12H2,1-3H3;1-2,6H,3H2;. The zero-order chi connectivity index (χ0) is 17.0. The molecule has 0 aliphatic heterocycles. The van der Waals surface area contributed by atoms with Crippen molar-refractivity contribution in [3.63, 3.8) is 0 Å². The molecule has 1 heterocycles. The molecule has 0 amide bonds. The quantitative estimate of drug-likeness (QED) is 0.437. The maximum atomic E-state index is 8.80. The van der Waals surface area contributed by atoms with E-state index < -0.39 is 21.1 Å². The molecule has 1 aromatic rings. The second-order valence-electron chi connectivity index (χ2n) is 6.60. The number of rotatable bonds is 12. The van der Waals surface area contributed by atoms with Gasteiger partial charge in [-0.1, -0.05) is 0 Å². The van der Waals surface area contributed by atoms with Crippen LogP contribution in [0.25, 0.3) is 0 Å². The van der Waals surface area contributed by atoms with E-state index in [4.69, 9.17) is 10.2 Å². The summed E-state index contributed by atoms with van der Waals surface area (Å²) in [4.78, 5) is 4.73. The van der Waals surface area contributed by atoms with Crippen LogP contribution in [0.2, 0.25) is 3.43 Å². The van der Waals surface area contributed by atoms with Gasteiger partial charge in [0.05, 0.1) is 0 Å². The van der Waals surface area contributed by atoms with E-state index in [0.29, 0.717) is 9.85 Å². The zero-order valence-corrected chi connectivity index (χ0v) is 18.1. The van der Waals surface area contributed by atoms with Gasteiger partial charge in [-0.3, -0.25) is 0 Å². The van der Waals surface area contributed by atoms with E-state index in [1.807, 2.05) is 6.20 Å². The third kappa shape index (κ3) is 7.70. The van der Waals surface area contributed by atoms with E-state index >= 15 is 0 Å². The number of aromatic nitrogens is 1. The van der Waals surface area contributed by atoms with Crippen LogP contribution in [0, 0.1) is 11.3 Å². The van der Waals surface area contributed by atoms with Gasteiger partial charge in [-0.2, -0.15) is 0 Å². The predicted molar refractivity (Wildman–Crippen MR) is 100 cm³/mol. The van der Waals surface area contributed by atoms with E-state index in [1.54, 1.807) is 0 Å². The van der Waals surface area contributed by atoms with Crippen molar-refractivity contribution in [3.05, 3.63) is 23.9 Å². The molecule has 2 radical (unpaired) electrons. The van der Waals surface area contributed by atoms with Crippen LogP contribution >= 0.6 is 0 Å². The van der Waals surface area contributed by atoms with E-state index in [2.05, 4.69) is 39.0 Å². The first-order chi connectivity index (χ1) is 11.2. The number of pyridine rings is 1. The summed E-state index contributed by atoms with van der Waals surface area (Å²) in [7, 11) is 0. The summed E-state index contributed by atoms with van der Waals surface area (Å²) < 4.78 is 1.97. The predicted octanol–water partition coefficient (Wildman–Crippen LogP) is 5.21. The molecule has 0 aromatic carbocycles. The summed E-state index contributed by atoms with van der Waals surface area (Å²) in [5.74, 6) is 0. The second kappa shape index (κ2) is 11.9. The molecule has 0 fully saturated rings. The average Bonchev–Trinajstić information content (AvgIpc) is 2.58. The van der Waals surface area contributed by atoms with Gasteiger partial charge in [-0.15, -0.1) is 0 Å². The van der Waals surface area contributed by atoms with Crippen molar-refractivity contribution in [2.24, 2.45) is 0 Å². The van der Waals surface area contributed by atoms with E-state index in [0.717, 1.165) is 5.56 Å². The molecule has 126 valence electrons. The molecule has 23 heavy (non-hydrogen) atoms. The number of nitriles is 1. The van der Waals surface area contributed by atoms with Crippen LogP contribution in [0.1, 0.15) is 84.1 Å². The van der Waals surface area contributed by atoms with Crippen molar-refractivity contribution in [2.75, 3.05) is 0 Å². The van der Waals surface area contributed by atoms with Crippen LogP contribution in [-0.4, -0.2) is 26.1 Å². The van der Waals surface area contributed by atoms with Crippen molar-refractivity contribution >= 4 is 24.9 Å². The molecular weight excluding hydrogens is 387 g/mol. The van der Waals surface area contributed by atoms with Gasteiger partial charge in [0.2, 0.25) is 0 Å². The second-order valence-corrected chi connectivity index (χ2v) is 11.8. The number of unbranched alkanes of at least 4 members (excludes halogenated alkanes) is 3. The first kappa shape index (κ1) is 20.5. The SMILES string of the molecule is CCCC[C](CCCC)(CCCC)[Sn][c]1ccc(CC#N)cn1. The summed E-state index contributed by atoms with van der Waals surface area (Å²) >= 11 is -0.722. The molecular formula is C20H32N2Sn. The van der Waals surface area contributed by atoms with Gasteiger partial charge in [0.25, 0.3) is 0 Å². The third-order valence-electron chi connectivity index (χ3n) is 4.53. The minimum absolute atomic E-state index is 0.477. The van der Waals surface area contributed by atoms with Crippen LogP contribution < -0.4 is 3.71 Å².